The number of aromatic hydroxyl groups is 1. The lowest BCUT2D eigenvalue weighted by Crippen LogP contribution is -2.11. The third kappa shape index (κ3) is 1.44. The Hall–Kier alpha value is -0.790. The minimum Gasteiger partial charge on any atom is -0.505 e. The summed E-state index contributed by atoms with van der Waals surface area (Å²) >= 11 is 0.795. The molecule has 1 aromatic rings. The lowest BCUT2D eigenvalue weighted by atomic mass is 10.5. The van der Waals surface area contributed by atoms with Gasteiger partial charge >= 0.3 is 0 Å². The maximum Gasteiger partial charge on any atom is 0.249 e. The van der Waals surface area contributed by atoms with Gasteiger partial charge in [-0.3, -0.25) is 0 Å². The largest absolute Gasteiger partial charge is 0.505 e. The normalized spacial score (nSPS) is 11.7. The van der Waals surface area contributed by atoms with E-state index in [9.17, 15) is 8.42 Å². The number of anilines is 1. The third-order valence-corrected chi connectivity index (χ3v) is 3.53. The Bertz CT molecular complexity index is 367. The van der Waals surface area contributed by atoms with Crippen LogP contribution in [0.3, 0.4) is 0 Å². The minimum absolute atomic E-state index is 0.183. The van der Waals surface area contributed by atoms with Crippen molar-refractivity contribution in [3.05, 3.63) is 5.38 Å². The number of rotatable bonds is 1. The van der Waals surface area contributed by atoms with Crippen LogP contribution in [0.4, 0.5) is 5.69 Å². The highest BCUT2D eigenvalue weighted by Gasteiger charge is 2.17. The van der Waals surface area contributed by atoms with E-state index < -0.39 is 10.0 Å². The lowest BCUT2D eigenvalue weighted by molar-refractivity contribution is 0.479. The minimum atomic E-state index is -3.78. The molecule has 0 aromatic carbocycles. The molecular weight excluding hydrogens is 188 g/mol. The smallest absolute Gasteiger partial charge is 0.249 e. The van der Waals surface area contributed by atoms with Gasteiger partial charge in [-0.1, -0.05) is 0 Å². The number of hydrogen-bond acceptors (Lipinski definition) is 5. The van der Waals surface area contributed by atoms with Gasteiger partial charge in [-0.15, -0.1) is 11.3 Å². The summed E-state index contributed by atoms with van der Waals surface area (Å²) in [4.78, 5) is 0. The van der Waals surface area contributed by atoms with Crippen LogP contribution in [-0.4, -0.2) is 13.5 Å². The van der Waals surface area contributed by atoms with Crippen LogP contribution in [0.2, 0.25) is 0 Å². The van der Waals surface area contributed by atoms with Crippen LogP contribution in [-0.2, 0) is 10.0 Å². The predicted molar refractivity (Wildman–Crippen MR) is 41.8 cm³/mol. The molecule has 0 spiro atoms. The topological polar surface area (TPSA) is 106 Å². The molecular formula is C4H6N2O3S2. The zero-order valence-electron chi connectivity index (χ0n) is 5.31. The van der Waals surface area contributed by atoms with Gasteiger partial charge in [0.15, 0.2) is 9.96 Å². The Morgan fingerprint density at radius 1 is 1.55 bits per heavy atom. The number of thiophene rings is 1. The number of primary sulfonamides is 1. The second-order valence-corrected chi connectivity index (χ2v) is 4.50. The molecule has 0 aliphatic rings. The van der Waals surface area contributed by atoms with Gasteiger partial charge in [0.1, 0.15) is 5.69 Å². The summed E-state index contributed by atoms with van der Waals surface area (Å²) in [5, 5.41) is 14.8. The SMILES string of the molecule is Nc1c(O)csc1S(N)(=O)=O. The molecule has 1 aromatic heterocycles. The molecule has 0 atom stereocenters. The maximum absolute atomic E-state index is 10.7. The molecule has 0 amide bonds. The lowest BCUT2D eigenvalue weighted by Gasteiger charge is -1.93. The van der Waals surface area contributed by atoms with Gasteiger partial charge in [0, 0.05) is 5.38 Å². The van der Waals surface area contributed by atoms with Crippen LogP contribution < -0.4 is 10.9 Å². The van der Waals surface area contributed by atoms with Crippen molar-refractivity contribution in [3.8, 4) is 5.75 Å². The second kappa shape index (κ2) is 2.36. The number of nitrogen functional groups attached to an aromatic ring is 1. The van der Waals surface area contributed by atoms with E-state index in [4.69, 9.17) is 16.0 Å². The highest BCUT2D eigenvalue weighted by atomic mass is 32.2. The van der Waals surface area contributed by atoms with E-state index >= 15 is 0 Å². The van der Waals surface area contributed by atoms with E-state index in [2.05, 4.69) is 0 Å². The van der Waals surface area contributed by atoms with E-state index in [-0.39, 0.29) is 15.6 Å². The average molecular weight is 194 g/mol. The molecule has 0 fully saturated rings. The molecule has 62 valence electrons. The van der Waals surface area contributed by atoms with Gasteiger partial charge in [0.05, 0.1) is 0 Å². The third-order valence-electron chi connectivity index (χ3n) is 1.03. The van der Waals surface area contributed by atoms with Crippen molar-refractivity contribution in [1.29, 1.82) is 0 Å². The van der Waals surface area contributed by atoms with Gasteiger partial charge < -0.3 is 10.8 Å². The number of sulfonamides is 1. The molecule has 1 heterocycles. The summed E-state index contributed by atoms with van der Waals surface area (Å²) in [6.45, 7) is 0. The molecule has 0 saturated heterocycles. The Morgan fingerprint density at radius 2 is 2.09 bits per heavy atom. The van der Waals surface area contributed by atoms with Crippen molar-refractivity contribution >= 4 is 27.0 Å². The first-order chi connectivity index (χ1) is 4.93. The molecule has 0 radical (unpaired) electrons. The Morgan fingerprint density at radius 3 is 2.27 bits per heavy atom. The van der Waals surface area contributed by atoms with Gasteiger partial charge in [0.25, 0.3) is 0 Å². The van der Waals surface area contributed by atoms with Crippen LogP contribution in [0.5, 0.6) is 5.75 Å². The van der Waals surface area contributed by atoms with E-state index in [1.54, 1.807) is 0 Å². The first-order valence-corrected chi connectivity index (χ1v) is 4.94. The molecule has 0 unspecified atom stereocenters. The average Bonchev–Trinajstić information content (AvgIpc) is 2.11. The zero-order chi connectivity index (χ0) is 8.65. The summed E-state index contributed by atoms with van der Waals surface area (Å²) < 4.78 is 21.1. The highest BCUT2D eigenvalue weighted by Crippen LogP contribution is 2.33. The molecule has 0 aliphatic carbocycles. The van der Waals surface area contributed by atoms with Gasteiger partial charge in [-0.25, -0.2) is 13.6 Å². The van der Waals surface area contributed by atoms with Gasteiger partial charge in [0.2, 0.25) is 10.0 Å². The Balaban J connectivity index is 3.38. The molecule has 1 rings (SSSR count). The van der Waals surface area contributed by atoms with Crippen molar-refractivity contribution in [1.82, 2.24) is 0 Å². The maximum atomic E-state index is 10.7. The summed E-state index contributed by atoms with van der Waals surface area (Å²) in [7, 11) is -3.78. The van der Waals surface area contributed by atoms with Crippen LogP contribution in [0.15, 0.2) is 9.59 Å². The van der Waals surface area contributed by atoms with Crippen molar-refractivity contribution in [2.75, 3.05) is 5.73 Å². The van der Waals surface area contributed by atoms with Crippen LogP contribution >= 0.6 is 11.3 Å². The van der Waals surface area contributed by atoms with E-state index in [0.29, 0.717) is 0 Å². The summed E-state index contributed by atoms with van der Waals surface area (Å²) in [6, 6.07) is 0. The standard InChI is InChI=1S/C4H6N2O3S2/c5-3-2(7)1-10-4(3)11(6,8)9/h1,7H,5H2,(H2,6,8,9). The van der Waals surface area contributed by atoms with Crippen molar-refractivity contribution in [3.63, 3.8) is 0 Å². The monoisotopic (exact) mass is 194 g/mol. The molecule has 0 saturated carbocycles. The number of hydrogen-bond donors (Lipinski definition) is 3. The molecule has 7 heteroatoms. The van der Waals surface area contributed by atoms with E-state index in [0.717, 1.165) is 11.3 Å². The van der Waals surface area contributed by atoms with Crippen molar-refractivity contribution in [2.45, 2.75) is 4.21 Å². The summed E-state index contributed by atoms with van der Waals surface area (Å²) in [5.41, 5.74) is 5.01. The first-order valence-electron chi connectivity index (χ1n) is 2.51. The fourth-order valence-electron chi connectivity index (χ4n) is 0.561. The number of nitrogens with two attached hydrogens (primary N) is 2. The fourth-order valence-corrected chi connectivity index (χ4v) is 2.23. The molecule has 11 heavy (non-hydrogen) atoms. The predicted octanol–water partition coefficient (Wildman–Crippen LogP) is -0.317. The van der Waals surface area contributed by atoms with Crippen LogP contribution in [0.25, 0.3) is 0 Å². The Labute approximate surface area is 67.3 Å². The van der Waals surface area contributed by atoms with E-state index in [1.807, 2.05) is 0 Å². The Kier molecular flexibility index (Phi) is 1.78. The van der Waals surface area contributed by atoms with E-state index in [1.165, 1.54) is 5.38 Å². The summed E-state index contributed by atoms with van der Waals surface area (Å²) in [6.07, 6.45) is 0. The molecule has 0 aliphatic heterocycles. The van der Waals surface area contributed by atoms with Gasteiger partial charge in [-0.05, 0) is 0 Å². The van der Waals surface area contributed by atoms with Gasteiger partial charge in [-0.2, -0.15) is 0 Å². The van der Waals surface area contributed by atoms with Crippen molar-refractivity contribution < 1.29 is 13.5 Å². The molecule has 0 bridgehead atoms. The quantitative estimate of drug-likeness (QED) is 0.569. The highest BCUT2D eigenvalue weighted by molar-refractivity contribution is 7.91. The zero-order valence-corrected chi connectivity index (χ0v) is 6.95. The first kappa shape index (κ1) is 8.31. The molecule has 5 N–H and O–H groups in total. The second-order valence-electron chi connectivity index (χ2n) is 1.87. The fraction of sp³-hybridized carbons (Fsp3) is 0. The van der Waals surface area contributed by atoms with Crippen LogP contribution in [0, 0.1) is 0 Å². The van der Waals surface area contributed by atoms with Crippen molar-refractivity contribution in [2.24, 2.45) is 5.14 Å². The molecule has 5 nitrogen and oxygen atoms in total. The van der Waals surface area contributed by atoms with Crippen LogP contribution in [0.1, 0.15) is 0 Å². The summed E-state index contributed by atoms with van der Waals surface area (Å²) in [5.74, 6) is -0.251.